The van der Waals surface area contributed by atoms with Gasteiger partial charge in [0.2, 0.25) is 0 Å². The Morgan fingerprint density at radius 3 is 2.75 bits per heavy atom. The highest BCUT2D eigenvalue weighted by molar-refractivity contribution is 14.1. The smallest absolute Gasteiger partial charge is 0.360 e. The van der Waals surface area contributed by atoms with Crippen molar-refractivity contribution in [1.82, 2.24) is 4.98 Å². The van der Waals surface area contributed by atoms with E-state index in [1.807, 2.05) is 0 Å². The summed E-state index contributed by atoms with van der Waals surface area (Å²) in [6.07, 6.45) is -3.00. The zero-order valence-corrected chi connectivity index (χ0v) is 10.3. The van der Waals surface area contributed by atoms with Crippen LogP contribution in [-0.4, -0.2) is 17.6 Å². The number of carbonyl (C=O) groups is 1. The largest absolute Gasteiger partial charge is 0.461 e. The molecule has 88 valence electrons. The summed E-state index contributed by atoms with van der Waals surface area (Å²) in [6, 6.07) is 0.892. The van der Waals surface area contributed by atoms with Gasteiger partial charge in [-0.05, 0) is 35.6 Å². The molecule has 0 N–H and O–H groups in total. The average molecular weight is 345 g/mol. The van der Waals surface area contributed by atoms with Crippen LogP contribution in [0.5, 0.6) is 0 Å². The van der Waals surface area contributed by atoms with Crippen molar-refractivity contribution < 1.29 is 22.7 Å². The van der Waals surface area contributed by atoms with Crippen LogP contribution in [0.25, 0.3) is 0 Å². The van der Waals surface area contributed by atoms with Crippen LogP contribution >= 0.6 is 22.6 Å². The van der Waals surface area contributed by atoms with Gasteiger partial charge in [-0.15, -0.1) is 0 Å². The molecule has 0 bridgehead atoms. The maximum atomic E-state index is 13.4. The molecule has 1 rings (SSSR count). The number of nitrogens with zero attached hydrogens (tertiary/aromatic N) is 1. The SMILES string of the molecule is CCOC(=O)c1nc(I)cc(C(F)F)c1F. The lowest BCUT2D eigenvalue weighted by Crippen LogP contribution is -2.13. The fourth-order valence-electron chi connectivity index (χ4n) is 1.01. The van der Waals surface area contributed by atoms with Gasteiger partial charge in [-0.3, -0.25) is 0 Å². The number of pyridine rings is 1. The van der Waals surface area contributed by atoms with Gasteiger partial charge in [-0.1, -0.05) is 0 Å². The highest BCUT2D eigenvalue weighted by Crippen LogP contribution is 2.25. The van der Waals surface area contributed by atoms with Gasteiger partial charge in [0.1, 0.15) is 3.70 Å². The van der Waals surface area contributed by atoms with Crippen LogP contribution in [0.3, 0.4) is 0 Å². The van der Waals surface area contributed by atoms with E-state index in [4.69, 9.17) is 0 Å². The molecule has 0 atom stereocenters. The van der Waals surface area contributed by atoms with E-state index in [9.17, 15) is 18.0 Å². The number of halogens is 4. The van der Waals surface area contributed by atoms with Crippen LogP contribution < -0.4 is 0 Å². The second-order valence-electron chi connectivity index (χ2n) is 2.72. The molecule has 0 aliphatic heterocycles. The van der Waals surface area contributed by atoms with Crippen molar-refractivity contribution in [3.63, 3.8) is 0 Å². The van der Waals surface area contributed by atoms with Crippen molar-refractivity contribution in [3.05, 3.63) is 26.8 Å². The van der Waals surface area contributed by atoms with E-state index in [2.05, 4.69) is 9.72 Å². The molecule has 0 amide bonds. The van der Waals surface area contributed by atoms with Crippen LogP contribution in [-0.2, 0) is 4.74 Å². The van der Waals surface area contributed by atoms with Crippen molar-refractivity contribution in [3.8, 4) is 0 Å². The highest BCUT2D eigenvalue weighted by atomic mass is 127. The van der Waals surface area contributed by atoms with E-state index in [-0.39, 0.29) is 10.3 Å². The standard InChI is InChI=1S/C9H7F3INO2/c1-2-16-9(15)7-6(10)4(8(11)12)3-5(13)14-7/h3,8H,2H2,1H3. The predicted molar refractivity (Wildman–Crippen MR) is 57.8 cm³/mol. The molecule has 0 radical (unpaired) electrons. The number of hydrogen-bond acceptors (Lipinski definition) is 3. The highest BCUT2D eigenvalue weighted by Gasteiger charge is 2.23. The third kappa shape index (κ3) is 2.83. The fourth-order valence-corrected chi connectivity index (χ4v) is 1.59. The predicted octanol–water partition coefficient (Wildman–Crippen LogP) is 2.94. The van der Waals surface area contributed by atoms with E-state index in [0.29, 0.717) is 0 Å². The van der Waals surface area contributed by atoms with E-state index in [1.54, 1.807) is 22.6 Å². The van der Waals surface area contributed by atoms with Crippen molar-refractivity contribution >= 4 is 28.6 Å². The first-order valence-electron chi connectivity index (χ1n) is 4.28. The maximum Gasteiger partial charge on any atom is 0.360 e. The van der Waals surface area contributed by atoms with Crippen molar-refractivity contribution in [2.45, 2.75) is 13.3 Å². The van der Waals surface area contributed by atoms with E-state index < -0.39 is 29.5 Å². The molecule has 3 nitrogen and oxygen atoms in total. The van der Waals surface area contributed by atoms with Crippen LogP contribution in [0.4, 0.5) is 13.2 Å². The van der Waals surface area contributed by atoms with Crippen LogP contribution in [0.2, 0.25) is 0 Å². The third-order valence-corrected chi connectivity index (χ3v) is 2.21. The summed E-state index contributed by atoms with van der Waals surface area (Å²) >= 11 is 1.62. The number of hydrogen-bond donors (Lipinski definition) is 0. The monoisotopic (exact) mass is 345 g/mol. The average Bonchev–Trinajstić information content (AvgIpc) is 2.20. The van der Waals surface area contributed by atoms with Crippen LogP contribution in [0.15, 0.2) is 6.07 Å². The Kier molecular flexibility index (Phi) is 4.51. The van der Waals surface area contributed by atoms with E-state index >= 15 is 0 Å². The lowest BCUT2D eigenvalue weighted by molar-refractivity contribution is 0.0511. The molecular weight excluding hydrogens is 338 g/mol. The van der Waals surface area contributed by atoms with Gasteiger partial charge in [0.25, 0.3) is 6.43 Å². The van der Waals surface area contributed by atoms with Gasteiger partial charge in [0, 0.05) is 0 Å². The first kappa shape index (κ1) is 13.2. The second-order valence-corrected chi connectivity index (χ2v) is 3.82. The van der Waals surface area contributed by atoms with Crippen molar-refractivity contribution in [1.29, 1.82) is 0 Å². The first-order valence-corrected chi connectivity index (χ1v) is 5.36. The minimum Gasteiger partial charge on any atom is -0.461 e. The molecule has 0 aliphatic carbocycles. The molecule has 0 aromatic carbocycles. The quantitative estimate of drug-likeness (QED) is 0.480. The number of rotatable bonds is 3. The minimum absolute atomic E-state index is 0.0233. The van der Waals surface area contributed by atoms with Gasteiger partial charge < -0.3 is 4.74 Å². The first-order chi connectivity index (χ1) is 7.47. The normalized spacial score (nSPS) is 10.6. The van der Waals surface area contributed by atoms with Crippen LogP contribution in [0.1, 0.15) is 29.4 Å². The summed E-state index contributed by atoms with van der Waals surface area (Å²) in [4.78, 5) is 14.8. The summed E-state index contributed by atoms with van der Waals surface area (Å²) in [5.74, 6) is -2.37. The number of ether oxygens (including phenoxy) is 1. The van der Waals surface area contributed by atoms with E-state index in [0.717, 1.165) is 6.07 Å². The molecule has 7 heteroatoms. The molecule has 16 heavy (non-hydrogen) atoms. The lowest BCUT2D eigenvalue weighted by atomic mass is 10.2. The van der Waals surface area contributed by atoms with Crippen LogP contribution in [0, 0.1) is 9.52 Å². The molecule has 0 spiro atoms. The molecule has 0 aliphatic rings. The molecular formula is C9H7F3INO2. The summed E-state index contributed by atoms with van der Waals surface area (Å²) in [6.45, 7) is 1.55. The number of alkyl halides is 2. The summed E-state index contributed by atoms with van der Waals surface area (Å²) in [5, 5.41) is 0. The summed E-state index contributed by atoms with van der Waals surface area (Å²) < 4.78 is 42.9. The summed E-state index contributed by atoms with van der Waals surface area (Å²) in [7, 11) is 0. The van der Waals surface area contributed by atoms with Gasteiger partial charge in [0.15, 0.2) is 11.5 Å². The Morgan fingerprint density at radius 2 is 2.25 bits per heavy atom. The maximum absolute atomic E-state index is 13.4. The number of carbonyl (C=O) groups excluding carboxylic acids is 1. The summed E-state index contributed by atoms with van der Waals surface area (Å²) in [5.41, 5.74) is -1.55. The zero-order chi connectivity index (χ0) is 12.3. The number of aromatic nitrogens is 1. The fraction of sp³-hybridized carbons (Fsp3) is 0.333. The minimum atomic E-state index is -3.00. The number of esters is 1. The van der Waals surface area contributed by atoms with Gasteiger partial charge in [-0.25, -0.2) is 22.9 Å². The van der Waals surface area contributed by atoms with Crippen molar-refractivity contribution in [2.24, 2.45) is 0 Å². The molecule has 1 aromatic heterocycles. The zero-order valence-electron chi connectivity index (χ0n) is 8.14. The van der Waals surface area contributed by atoms with Gasteiger partial charge in [0.05, 0.1) is 12.2 Å². The Bertz CT molecular complexity index is 412. The molecule has 0 unspecified atom stereocenters. The second kappa shape index (κ2) is 5.46. The molecule has 1 heterocycles. The topological polar surface area (TPSA) is 39.2 Å². The Labute approximate surface area is 103 Å². The van der Waals surface area contributed by atoms with E-state index in [1.165, 1.54) is 6.92 Å². The van der Waals surface area contributed by atoms with Gasteiger partial charge >= 0.3 is 5.97 Å². The lowest BCUT2D eigenvalue weighted by Gasteiger charge is -2.07. The third-order valence-electron chi connectivity index (χ3n) is 1.66. The Morgan fingerprint density at radius 1 is 1.62 bits per heavy atom. The molecule has 0 saturated carbocycles. The van der Waals surface area contributed by atoms with Gasteiger partial charge in [-0.2, -0.15) is 0 Å². The molecule has 1 aromatic rings. The van der Waals surface area contributed by atoms with Crippen molar-refractivity contribution in [2.75, 3.05) is 6.61 Å². The Hall–Kier alpha value is -0.860. The molecule has 0 saturated heterocycles. The Balaban J connectivity index is 3.24. The molecule has 0 fully saturated rings.